The van der Waals surface area contributed by atoms with E-state index in [-0.39, 0.29) is 0 Å². The van der Waals surface area contributed by atoms with Gasteiger partial charge in [0.25, 0.3) is 0 Å². The third kappa shape index (κ3) is 4.61. The van der Waals surface area contributed by atoms with Gasteiger partial charge in [0, 0.05) is 24.5 Å². The summed E-state index contributed by atoms with van der Waals surface area (Å²) in [5.74, 6) is -10.2. The van der Waals surface area contributed by atoms with Crippen LogP contribution in [-0.2, 0) is 6.42 Å². The number of aryl methyl sites for hydroxylation is 1. The van der Waals surface area contributed by atoms with E-state index < -0.39 is 40.9 Å². The number of hydrogen-bond donors (Lipinski definition) is 0. The number of aromatic nitrogens is 1. The molecule has 0 aliphatic carbocycles. The van der Waals surface area contributed by atoms with E-state index >= 15 is 0 Å². The van der Waals surface area contributed by atoms with Gasteiger partial charge in [0.1, 0.15) is 6.10 Å². The van der Waals surface area contributed by atoms with Gasteiger partial charge in [-0.2, -0.15) is 8.78 Å². The number of ether oxygens (including phenoxy) is 3. The lowest BCUT2D eigenvalue weighted by Gasteiger charge is -2.32. The predicted molar refractivity (Wildman–Crippen MR) is 112 cm³/mol. The van der Waals surface area contributed by atoms with Crippen molar-refractivity contribution in [1.29, 1.82) is 0 Å². The Labute approximate surface area is 192 Å². The Morgan fingerprint density at radius 1 is 0.912 bits per heavy atom. The molecule has 1 aliphatic rings. The first-order valence-corrected chi connectivity index (χ1v) is 10.7. The van der Waals surface area contributed by atoms with Gasteiger partial charge < -0.3 is 23.6 Å². The number of piperidine rings is 1. The van der Waals surface area contributed by atoms with Crippen molar-refractivity contribution in [2.24, 2.45) is 0 Å². The van der Waals surface area contributed by atoms with Crippen LogP contribution in [0.25, 0.3) is 11.0 Å². The molecule has 0 saturated carbocycles. The molecule has 0 radical (unpaired) electrons. The van der Waals surface area contributed by atoms with Gasteiger partial charge in [0.05, 0.1) is 19.9 Å². The molecule has 11 heteroatoms. The summed E-state index contributed by atoms with van der Waals surface area (Å²) in [5, 5.41) is 4.98. The molecule has 6 nitrogen and oxygen atoms in total. The number of benzene rings is 2. The predicted octanol–water partition coefficient (Wildman–Crippen LogP) is 5.02. The first-order valence-electron chi connectivity index (χ1n) is 10.7. The van der Waals surface area contributed by atoms with Gasteiger partial charge in [-0.1, -0.05) is 5.16 Å². The minimum absolute atomic E-state index is 0.392. The maximum Gasteiger partial charge on any atom is 0.207 e. The topological polar surface area (TPSA) is 57.0 Å². The van der Waals surface area contributed by atoms with Crippen molar-refractivity contribution in [3.05, 3.63) is 46.9 Å². The van der Waals surface area contributed by atoms with Crippen LogP contribution in [0.5, 0.6) is 17.2 Å². The highest BCUT2D eigenvalue weighted by Gasteiger charge is 2.30. The smallest absolute Gasteiger partial charge is 0.207 e. The summed E-state index contributed by atoms with van der Waals surface area (Å²) in [6.45, 7) is 1.85. The van der Waals surface area contributed by atoms with Crippen LogP contribution < -0.4 is 14.2 Å². The average molecular weight is 486 g/mol. The molecule has 0 unspecified atom stereocenters. The SMILES string of the molecule is COc1cc2onc(CCCN3CCC(Oc4c(F)c(F)c(F)c(F)c4F)CC3)c2cc1OC. The van der Waals surface area contributed by atoms with Crippen molar-refractivity contribution < 1.29 is 40.7 Å². The Morgan fingerprint density at radius 3 is 2.12 bits per heavy atom. The molecule has 1 saturated heterocycles. The molecule has 184 valence electrons. The van der Waals surface area contributed by atoms with Gasteiger partial charge in [-0.25, -0.2) is 13.2 Å². The zero-order valence-electron chi connectivity index (χ0n) is 18.6. The Bertz CT molecular complexity index is 1150. The second-order valence-corrected chi connectivity index (χ2v) is 7.99. The molecular formula is C23H23F5N2O4. The number of hydrogen-bond acceptors (Lipinski definition) is 6. The summed E-state index contributed by atoms with van der Waals surface area (Å²) in [4.78, 5) is 2.14. The van der Waals surface area contributed by atoms with Crippen LogP contribution in [0.15, 0.2) is 16.7 Å². The number of nitrogens with zero attached hydrogens (tertiary/aromatic N) is 2. The summed E-state index contributed by atoms with van der Waals surface area (Å²) in [5.41, 5.74) is 1.39. The zero-order chi connectivity index (χ0) is 24.4. The van der Waals surface area contributed by atoms with Gasteiger partial charge in [0.15, 0.2) is 22.8 Å². The largest absolute Gasteiger partial charge is 0.493 e. The normalized spacial score (nSPS) is 15.1. The lowest BCUT2D eigenvalue weighted by Crippen LogP contribution is -2.39. The van der Waals surface area contributed by atoms with E-state index in [1.807, 2.05) is 6.07 Å². The highest BCUT2D eigenvalue weighted by molar-refractivity contribution is 5.83. The third-order valence-corrected chi connectivity index (χ3v) is 5.93. The van der Waals surface area contributed by atoms with Crippen LogP contribution in [0.2, 0.25) is 0 Å². The van der Waals surface area contributed by atoms with E-state index in [0.717, 1.165) is 24.0 Å². The van der Waals surface area contributed by atoms with Crippen molar-refractivity contribution in [2.75, 3.05) is 33.9 Å². The van der Waals surface area contributed by atoms with Gasteiger partial charge in [0.2, 0.25) is 29.1 Å². The quantitative estimate of drug-likeness (QED) is 0.253. The number of likely N-dealkylation sites (tertiary alicyclic amines) is 1. The summed E-state index contributed by atoms with van der Waals surface area (Å²) >= 11 is 0. The van der Waals surface area contributed by atoms with Crippen molar-refractivity contribution in [2.45, 2.75) is 31.8 Å². The Kier molecular flexibility index (Phi) is 7.11. The van der Waals surface area contributed by atoms with Crippen molar-refractivity contribution >= 4 is 11.0 Å². The molecule has 2 aromatic carbocycles. The van der Waals surface area contributed by atoms with E-state index in [4.69, 9.17) is 18.7 Å². The fraction of sp³-hybridized carbons (Fsp3) is 0.435. The number of rotatable bonds is 8. The first kappa shape index (κ1) is 24.1. The monoisotopic (exact) mass is 486 g/mol. The molecule has 1 aromatic heterocycles. The summed E-state index contributed by atoms with van der Waals surface area (Å²) in [6, 6.07) is 3.54. The van der Waals surface area contributed by atoms with E-state index in [1.54, 1.807) is 20.3 Å². The molecular weight excluding hydrogens is 463 g/mol. The molecule has 0 spiro atoms. The molecule has 0 N–H and O–H groups in total. The third-order valence-electron chi connectivity index (χ3n) is 5.93. The van der Waals surface area contributed by atoms with E-state index in [9.17, 15) is 22.0 Å². The second kappa shape index (κ2) is 10.0. The molecule has 0 bridgehead atoms. The second-order valence-electron chi connectivity index (χ2n) is 7.99. The van der Waals surface area contributed by atoms with Gasteiger partial charge in [-0.15, -0.1) is 0 Å². The zero-order valence-corrected chi connectivity index (χ0v) is 18.6. The van der Waals surface area contributed by atoms with Crippen molar-refractivity contribution in [3.8, 4) is 17.2 Å². The lowest BCUT2D eigenvalue weighted by molar-refractivity contribution is 0.0905. The first-order chi connectivity index (χ1) is 16.3. The fourth-order valence-electron chi connectivity index (χ4n) is 4.07. The van der Waals surface area contributed by atoms with Crippen LogP contribution in [-0.4, -0.2) is 50.0 Å². The molecule has 0 amide bonds. The Hall–Kier alpha value is -3.08. The Balaban J connectivity index is 1.30. The van der Waals surface area contributed by atoms with Crippen molar-refractivity contribution in [3.63, 3.8) is 0 Å². The molecule has 34 heavy (non-hydrogen) atoms. The molecule has 3 aromatic rings. The van der Waals surface area contributed by atoms with Crippen LogP contribution >= 0.6 is 0 Å². The summed E-state index contributed by atoms with van der Waals surface area (Å²) < 4.78 is 88.8. The van der Waals surface area contributed by atoms with E-state index in [0.29, 0.717) is 49.4 Å². The van der Waals surface area contributed by atoms with Gasteiger partial charge in [-0.05, 0) is 38.3 Å². The minimum atomic E-state index is -2.20. The summed E-state index contributed by atoms with van der Waals surface area (Å²) in [6.07, 6.45) is 1.57. The standard InChI is InChI=1S/C23H23F5N2O4/c1-31-16-10-13-14(29-34-15(13)11-17(16)32-2)4-3-7-30-8-5-12(6-9-30)33-23-21(27)19(25)18(24)20(26)22(23)28/h10-12H,3-9H2,1-2H3. The highest BCUT2D eigenvalue weighted by atomic mass is 19.2. The molecule has 4 rings (SSSR count). The maximum atomic E-state index is 13.9. The molecule has 1 aliphatic heterocycles. The molecule has 0 atom stereocenters. The highest BCUT2D eigenvalue weighted by Crippen LogP contribution is 2.34. The van der Waals surface area contributed by atoms with E-state index in [2.05, 4.69) is 10.1 Å². The summed E-state index contributed by atoms with van der Waals surface area (Å²) in [7, 11) is 3.09. The van der Waals surface area contributed by atoms with Gasteiger partial charge in [-0.3, -0.25) is 0 Å². The van der Waals surface area contributed by atoms with Crippen LogP contribution in [0.4, 0.5) is 22.0 Å². The Morgan fingerprint density at radius 2 is 1.50 bits per heavy atom. The average Bonchev–Trinajstić information content (AvgIpc) is 3.25. The van der Waals surface area contributed by atoms with E-state index in [1.165, 1.54) is 0 Å². The van der Waals surface area contributed by atoms with Crippen LogP contribution in [0.3, 0.4) is 0 Å². The number of halogens is 5. The lowest BCUT2D eigenvalue weighted by atomic mass is 10.1. The maximum absolute atomic E-state index is 13.9. The van der Waals surface area contributed by atoms with Crippen LogP contribution in [0, 0.1) is 29.1 Å². The molecule has 1 fully saturated rings. The van der Waals surface area contributed by atoms with Crippen LogP contribution in [0.1, 0.15) is 25.0 Å². The van der Waals surface area contributed by atoms with Crippen molar-refractivity contribution in [1.82, 2.24) is 10.1 Å². The fourth-order valence-corrected chi connectivity index (χ4v) is 4.07. The number of fused-ring (bicyclic) bond motifs is 1. The number of methoxy groups -OCH3 is 2. The minimum Gasteiger partial charge on any atom is -0.493 e. The molecule has 2 heterocycles. The van der Waals surface area contributed by atoms with Gasteiger partial charge >= 0.3 is 0 Å².